The van der Waals surface area contributed by atoms with Crippen molar-refractivity contribution in [2.75, 3.05) is 23.3 Å². The lowest BCUT2D eigenvalue weighted by Crippen LogP contribution is -2.24. The zero-order chi connectivity index (χ0) is 16.1. The lowest BCUT2D eigenvalue weighted by atomic mass is 10.1. The Kier molecular flexibility index (Phi) is 6.77. The highest BCUT2D eigenvalue weighted by atomic mass is 127. The van der Waals surface area contributed by atoms with Gasteiger partial charge in [0, 0.05) is 30.5 Å². The monoisotopic (exact) mass is 441 g/mol. The molecule has 1 saturated heterocycles. The molecule has 3 N–H and O–H groups in total. The van der Waals surface area contributed by atoms with Gasteiger partial charge in [0.25, 0.3) is 0 Å². The van der Waals surface area contributed by atoms with Crippen LogP contribution >= 0.6 is 24.0 Å². The van der Waals surface area contributed by atoms with Crippen LogP contribution in [0.4, 0.5) is 15.9 Å². The molecule has 1 fully saturated rings. The van der Waals surface area contributed by atoms with Crippen LogP contribution in [0.1, 0.15) is 18.4 Å². The van der Waals surface area contributed by atoms with E-state index in [1.807, 2.05) is 18.2 Å². The maximum atomic E-state index is 14.2. The van der Waals surface area contributed by atoms with Gasteiger partial charge in [-0.25, -0.2) is 14.4 Å². The molecule has 5 nitrogen and oxygen atoms in total. The second-order valence-corrected chi connectivity index (χ2v) is 5.47. The Balaban J connectivity index is 0.00000208. The van der Waals surface area contributed by atoms with Gasteiger partial charge < -0.3 is 16.0 Å². The van der Waals surface area contributed by atoms with Crippen molar-refractivity contribution in [2.24, 2.45) is 10.7 Å². The zero-order valence-electron chi connectivity index (χ0n) is 13.3. The molecule has 1 aliphatic rings. The first-order chi connectivity index (χ1) is 11.2. The van der Waals surface area contributed by atoms with E-state index in [2.05, 4.69) is 20.2 Å². The highest BCUT2D eigenvalue weighted by Crippen LogP contribution is 2.27. The Morgan fingerprint density at radius 1 is 1.21 bits per heavy atom. The Morgan fingerprint density at radius 2 is 2.00 bits per heavy atom. The summed E-state index contributed by atoms with van der Waals surface area (Å²) in [6.07, 6.45) is 3.95. The first-order valence-corrected chi connectivity index (χ1v) is 7.74. The van der Waals surface area contributed by atoms with Crippen LogP contribution in [0.3, 0.4) is 0 Å². The topological polar surface area (TPSA) is 66.5 Å². The molecule has 0 amide bonds. The second kappa shape index (κ2) is 8.81. The second-order valence-electron chi connectivity index (χ2n) is 5.47. The number of anilines is 2. The summed E-state index contributed by atoms with van der Waals surface area (Å²) in [7, 11) is 0. The fraction of sp³-hybridized carbons (Fsp3) is 0.294. The third-order valence-electron chi connectivity index (χ3n) is 3.87. The molecule has 3 rings (SSSR count). The fourth-order valence-electron chi connectivity index (χ4n) is 2.73. The minimum Gasteiger partial charge on any atom is -0.371 e. The van der Waals surface area contributed by atoms with Crippen molar-refractivity contribution in [2.45, 2.75) is 19.4 Å². The standard InChI is InChI=1S/C17H20FN5.HI/c18-14-6-5-7-15(23-10-3-4-11-23)13(14)12-21-17(19)22-16-8-1-2-9-20-16;/h1-2,5-9H,3-4,10-12H2,(H3,19,20,21,22);1H. The highest BCUT2D eigenvalue weighted by Gasteiger charge is 2.17. The van der Waals surface area contributed by atoms with E-state index in [1.54, 1.807) is 18.3 Å². The number of aliphatic imine (C=N–C) groups is 1. The maximum absolute atomic E-state index is 14.2. The van der Waals surface area contributed by atoms with Crippen LogP contribution in [0.25, 0.3) is 0 Å². The van der Waals surface area contributed by atoms with Gasteiger partial charge >= 0.3 is 0 Å². The van der Waals surface area contributed by atoms with Gasteiger partial charge in [-0.15, -0.1) is 24.0 Å². The van der Waals surface area contributed by atoms with Crippen LogP contribution in [-0.4, -0.2) is 24.0 Å². The molecule has 0 saturated carbocycles. The van der Waals surface area contributed by atoms with Crippen LogP contribution in [-0.2, 0) is 6.54 Å². The van der Waals surface area contributed by atoms with E-state index in [9.17, 15) is 4.39 Å². The van der Waals surface area contributed by atoms with Crippen molar-refractivity contribution in [1.29, 1.82) is 0 Å². The highest BCUT2D eigenvalue weighted by molar-refractivity contribution is 14.0. The molecule has 2 aromatic rings. The van der Waals surface area contributed by atoms with Crippen LogP contribution in [0, 0.1) is 5.82 Å². The average molecular weight is 441 g/mol. The van der Waals surface area contributed by atoms with Crippen molar-refractivity contribution >= 4 is 41.4 Å². The van der Waals surface area contributed by atoms with E-state index in [4.69, 9.17) is 5.73 Å². The van der Waals surface area contributed by atoms with E-state index in [0.29, 0.717) is 11.4 Å². The van der Waals surface area contributed by atoms with Crippen LogP contribution in [0.5, 0.6) is 0 Å². The van der Waals surface area contributed by atoms with Crippen LogP contribution < -0.4 is 16.0 Å². The molecule has 1 aromatic heterocycles. The first kappa shape index (κ1) is 18.4. The Bertz CT molecular complexity index is 687. The van der Waals surface area contributed by atoms with Crippen molar-refractivity contribution in [1.82, 2.24) is 4.98 Å². The van der Waals surface area contributed by atoms with Gasteiger partial charge in [-0.3, -0.25) is 0 Å². The van der Waals surface area contributed by atoms with Crippen molar-refractivity contribution < 1.29 is 4.39 Å². The summed E-state index contributed by atoms with van der Waals surface area (Å²) in [5.74, 6) is 0.588. The molecule has 1 aromatic carbocycles. The van der Waals surface area contributed by atoms with E-state index < -0.39 is 0 Å². The fourth-order valence-corrected chi connectivity index (χ4v) is 2.73. The molecule has 0 aliphatic carbocycles. The number of guanidine groups is 1. The van der Waals surface area contributed by atoms with Crippen molar-refractivity contribution in [3.8, 4) is 0 Å². The molecule has 24 heavy (non-hydrogen) atoms. The molecule has 0 bridgehead atoms. The van der Waals surface area contributed by atoms with Crippen molar-refractivity contribution in [3.05, 3.63) is 54.0 Å². The van der Waals surface area contributed by atoms with E-state index >= 15 is 0 Å². The third-order valence-corrected chi connectivity index (χ3v) is 3.87. The summed E-state index contributed by atoms with van der Waals surface area (Å²) < 4.78 is 14.2. The van der Waals surface area contributed by atoms with Crippen LogP contribution in [0.15, 0.2) is 47.6 Å². The van der Waals surface area contributed by atoms with Crippen molar-refractivity contribution in [3.63, 3.8) is 0 Å². The number of nitrogens with one attached hydrogen (secondary N) is 1. The largest absolute Gasteiger partial charge is 0.371 e. The number of rotatable bonds is 4. The molecule has 0 radical (unpaired) electrons. The van der Waals surface area contributed by atoms with Gasteiger partial charge in [-0.1, -0.05) is 12.1 Å². The number of benzene rings is 1. The number of hydrogen-bond donors (Lipinski definition) is 2. The van der Waals surface area contributed by atoms with Gasteiger partial charge in [0.05, 0.1) is 6.54 Å². The molecule has 0 unspecified atom stereocenters. The number of hydrogen-bond acceptors (Lipinski definition) is 3. The molecular formula is C17H21FIN5. The summed E-state index contributed by atoms with van der Waals surface area (Å²) >= 11 is 0. The molecule has 2 heterocycles. The molecule has 0 atom stereocenters. The molecule has 7 heteroatoms. The maximum Gasteiger partial charge on any atom is 0.194 e. The van der Waals surface area contributed by atoms with E-state index in [-0.39, 0.29) is 42.3 Å². The summed E-state index contributed by atoms with van der Waals surface area (Å²) in [4.78, 5) is 10.6. The van der Waals surface area contributed by atoms with Gasteiger partial charge in [-0.2, -0.15) is 0 Å². The molecule has 1 aliphatic heterocycles. The predicted octanol–water partition coefficient (Wildman–Crippen LogP) is 3.37. The SMILES string of the molecule is I.NC(=NCc1c(F)cccc1N1CCCC1)Nc1ccccn1. The zero-order valence-corrected chi connectivity index (χ0v) is 15.6. The number of nitrogens with two attached hydrogens (primary N) is 1. The van der Waals surface area contributed by atoms with Crippen LogP contribution in [0.2, 0.25) is 0 Å². The molecule has 0 spiro atoms. The Labute approximate surface area is 158 Å². The smallest absolute Gasteiger partial charge is 0.194 e. The predicted molar refractivity (Wildman–Crippen MR) is 106 cm³/mol. The minimum absolute atomic E-state index is 0. The summed E-state index contributed by atoms with van der Waals surface area (Å²) in [5, 5.41) is 2.90. The summed E-state index contributed by atoms with van der Waals surface area (Å²) in [5.41, 5.74) is 7.37. The number of nitrogens with zero attached hydrogens (tertiary/aromatic N) is 3. The normalized spacial score (nSPS) is 14.4. The first-order valence-electron chi connectivity index (χ1n) is 7.74. The molecule has 128 valence electrons. The Morgan fingerprint density at radius 3 is 2.71 bits per heavy atom. The van der Waals surface area contributed by atoms with Gasteiger partial charge in [0.1, 0.15) is 11.6 Å². The summed E-state index contributed by atoms with van der Waals surface area (Å²) in [6.45, 7) is 2.12. The quantitative estimate of drug-likeness (QED) is 0.434. The average Bonchev–Trinajstić information content (AvgIpc) is 3.09. The van der Waals surface area contributed by atoms with E-state index in [0.717, 1.165) is 31.6 Å². The molecular weight excluding hydrogens is 420 g/mol. The van der Waals surface area contributed by atoms with Gasteiger partial charge in [0.15, 0.2) is 5.96 Å². The number of halogens is 2. The third kappa shape index (κ3) is 4.56. The Hall–Kier alpha value is -1.90. The number of pyridine rings is 1. The number of aromatic nitrogens is 1. The summed E-state index contributed by atoms with van der Waals surface area (Å²) in [6, 6.07) is 10.6. The minimum atomic E-state index is -0.246. The lowest BCUT2D eigenvalue weighted by Gasteiger charge is -2.21. The lowest BCUT2D eigenvalue weighted by molar-refractivity contribution is 0.610. The van der Waals surface area contributed by atoms with E-state index in [1.165, 1.54) is 6.07 Å². The van der Waals surface area contributed by atoms with Gasteiger partial charge in [0.2, 0.25) is 0 Å². The van der Waals surface area contributed by atoms with Gasteiger partial charge in [-0.05, 0) is 37.1 Å².